The van der Waals surface area contributed by atoms with Gasteiger partial charge in [0.25, 0.3) is 5.91 Å². The first-order chi connectivity index (χ1) is 10.2. The number of allylic oxidation sites excluding steroid dienone is 6. The summed E-state index contributed by atoms with van der Waals surface area (Å²) < 4.78 is 0. The lowest BCUT2D eigenvalue weighted by molar-refractivity contribution is -0.112. The average Bonchev–Trinajstić information content (AvgIpc) is 2.67. The van der Waals surface area contributed by atoms with Crippen LogP contribution in [0.2, 0.25) is 5.02 Å². The molecule has 3 nitrogen and oxygen atoms in total. The standard InChI is InChI=1S/C17H10ClNO2/c18-13-8-5-9-14-16(13)12(17(21)19-14)10-15(20)11-6-3-1-2-4-7-11/h1-3,5-10H,(H,19,21)/b12-10+. The van der Waals surface area contributed by atoms with E-state index in [4.69, 9.17) is 11.6 Å². The molecule has 0 radical (unpaired) electrons. The predicted octanol–water partition coefficient (Wildman–Crippen LogP) is 3.45. The van der Waals surface area contributed by atoms with Crippen molar-refractivity contribution in [2.75, 3.05) is 5.32 Å². The Bertz CT molecular complexity index is 806. The molecule has 1 heterocycles. The molecule has 21 heavy (non-hydrogen) atoms. The number of fused-ring (bicyclic) bond motifs is 1. The van der Waals surface area contributed by atoms with E-state index in [1.165, 1.54) is 6.08 Å². The third-order valence-corrected chi connectivity index (χ3v) is 3.47. The van der Waals surface area contributed by atoms with Gasteiger partial charge in [0.2, 0.25) is 0 Å². The number of benzene rings is 1. The Balaban J connectivity index is 2.04. The molecule has 1 aliphatic heterocycles. The molecule has 2 aliphatic rings. The number of rotatable bonds is 2. The Morgan fingerprint density at radius 3 is 3.00 bits per heavy atom. The molecule has 0 aromatic heterocycles. The molecule has 3 rings (SSSR count). The van der Waals surface area contributed by atoms with Crippen LogP contribution < -0.4 is 5.32 Å². The van der Waals surface area contributed by atoms with Gasteiger partial charge in [-0.05, 0) is 30.4 Å². The molecule has 1 N–H and O–H groups in total. The predicted molar refractivity (Wildman–Crippen MR) is 82.9 cm³/mol. The molecule has 0 spiro atoms. The number of halogens is 1. The number of carbonyl (C=O) groups is 2. The second kappa shape index (κ2) is 5.41. The highest BCUT2D eigenvalue weighted by molar-refractivity contribution is 6.41. The van der Waals surface area contributed by atoms with E-state index in [0.29, 0.717) is 21.8 Å². The van der Waals surface area contributed by atoms with E-state index in [2.05, 4.69) is 11.0 Å². The van der Waals surface area contributed by atoms with E-state index < -0.39 is 0 Å². The van der Waals surface area contributed by atoms with Gasteiger partial charge in [-0.2, -0.15) is 0 Å². The minimum Gasteiger partial charge on any atom is -0.321 e. The van der Waals surface area contributed by atoms with Crippen LogP contribution in [0, 0.1) is 0 Å². The largest absolute Gasteiger partial charge is 0.321 e. The molecule has 0 unspecified atom stereocenters. The van der Waals surface area contributed by atoms with Crippen LogP contribution in [0.5, 0.6) is 0 Å². The van der Waals surface area contributed by atoms with Crippen LogP contribution in [0.3, 0.4) is 0 Å². The fourth-order valence-corrected chi connectivity index (χ4v) is 2.44. The van der Waals surface area contributed by atoms with Crippen molar-refractivity contribution in [3.05, 3.63) is 76.5 Å². The summed E-state index contributed by atoms with van der Waals surface area (Å²) in [6.07, 6.45) is 9.81. The highest BCUT2D eigenvalue weighted by Gasteiger charge is 2.27. The Morgan fingerprint density at radius 1 is 1.29 bits per heavy atom. The second-order valence-corrected chi connectivity index (χ2v) is 4.93. The summed E-state index contributed by atoms with van der Waals surface area (Å²) >= 11 is 6.13. The number of hydrogen-bond donors (Lipinski definition) is 1. The lowest BCUT2D eigenvalue weighted by Crippen LogP contribution is -2.06. The molecule has 102 valence electrons. The molecule has 4 heteroatoms. The van der Waals surface area contributed by atoms with Crippen molar-refractivity contribution < 1.29 is 9.59 Å². The minimum atomic E-state index is -0.323. The highest BCUT2D eigenvalue weighted by Crippen LogP contribution is 2.37. The van der Waals surface area contributed by atoms with Gasteiger partial charge in [-0.25, -0.2) is 0 Å². The molecule has 1 aliphatic carbocycles. The quantitative estimate of drug-likeness (QED) is 0.671. The second-order valence-electron chi connectivity index (χ2n) is 4.52. The van der Waals surface area contributed by atoms with Crippen molar-refractivity contribution in [3.63, 3.8) is 0 Å². The number of hydrogen-bond acceptors (Lipinski definition) is 2. The van der Waals surface area contributed by atoms with Crippen LogP contribution in [0.4, 0.5) is 5.69 Å². The van der Waals surface area contributed by atoms with Gasteiger partial charge in [-0.15, -0.1) is 5.73 Å². The summed E-state index contributed by atoms with van der Waals surface area (Å²) in [7, 11) is 0. The zero-order chi connectivity index (χ0) is 14.8. The van der Waals surface area contributed by atoms with Crippen LogP contribution in [-0.4, -0.2) is 11.7 Å². The van der Waals surface area contributed by atoms with Crippen LogP contribution in [0.1, 0.15) is 5.56 Å². The molecular weight excluding hydrogens is 286 g/mol. The lowest BCUT2D eigenvalue weighted by atomic mass is 10.0. The van der Waals surface area contributed by atoms with E-state index in [0.717, 1.165) is 0 Å². The summed E-state index contributed by atoms with van der Waals surface area (Å²) in [5.74, 6) is -0.587. The van der Waals surface area contributed by atoms with Crippen LogP contribution in [0.15, 0.2) is 66.0 Å². The summed E-state index contributed by atoms with van der Waals surface area (Å²) in [4.78, 5) is 24.3. The number of carbonyl (C=O) groups excluding carboxylic acids is 2. The van der Waals surface area contributed by atoms with E-state index in [-0.39, 0.29) is 17.3 Å². The maximum atomic E-state index is 12.3. The molecule has 0 saturated carbocycles. The van der Waals surface area contributed by atoms with Crippen molar-refractivity contribution in [1.29, 1.82) is 0 Å². The van der Waals surface area contributed by atoms with E-state index >= 15 is 0 Å². The van der Waals surface area contributed by atoms with E-state index in [1.807, 2.05) is 0 Å². The minimum absolute atomic E-state index is 0.264. The van der Waals surface area contributed by atoms with Gasteiger partial charge in [0.05, 0.1) is 16.3 Å². The smallest absolute Gasteiger partial charge is 0.256 e. The van der Waals surface area contributed by atoms with Gasteiger partial charge < -0.3 is 5.32 Å². The summed E-state index contributed by atoms with van der Waals surface area (Å²) in [6.45, 7) is 0. The molecule has 1 amide bonds. The normalized spacial score (nSPS) is 17.5. The maximum Gasteiger partial charge on any atom is 0.256 e. The molecule has 0 saturated heterocycles. The average molecular weight is 296 g/mol. The molecule has 1 aromatic carbocycles. The third-order valence-electron chi connectivity index (χ3n) is 3.15. The molecular formula is C17H10ClNO2. The zero-order valence-electron chi connectivity index (χ0n) is 10.9. The highest BCUT2D eigenvalue weighted by atomic mass is 35.5. The van der Waals surface area contributed by atoms with Crippen LogP contribution in [-0.2, 0) is 9.59 Å². The first-order valence-corrected chi connectivity index (χ1v) is 6.70. The third kappa shape index (κ3) is 2.52. The van der Waals surface area contributed by atoms with Gasteiger partial charge in [0.15, 0.2) is 5.78 Å². The van der Waals surface area contributed by atoms with E-state index in [9.17, 15) is 9.59 Å². The number of amides is 1. The number of nitrogens with one attached hydrogen (secondary N) is 1. The van der Waals surface area contributed by atoms with Gasteiger partial charge in [-0.1, -0.05) is 35.9 Å². The van der Waals surface area contributed by atoms with Crippen molar-refractivity contribution in [2.45, 2.75) is 0 Å². The van der Waals surface area contributed by atoms with Gasteiger partial charge in [0.1, 0.15) is 0 Å². The van der Waals surface area contributed by atoms with Crippen molar-refractivity contribution in [3.8, 4) is 0 Å². The molecule has 0 fully saturated rings. The van der Waals surface area contributed by atoms with Gasteiger partial charge >= 0.3 is 0 Å². The SMILES string of the molecule is O=C(/C=C1/C(=O)Nc2cccc(Cl)c21)C1=CC=CC=C=C1. The van der Waals surface area contributed by atoms with Gasteiger partial charge in [0, 0.05) is 11.1 Å². The number of ketones is 1. The summed E-state index contributed by atoms with van der Waals surface area (Å²) in [5, 5.41) is 3.14. The Kier molecular flexibility index (Phi) is 3.44. The van der Waals surface area contributed by atoms with E-state index in [1.54, 1.807) is 48.6 Å². The van der Waals surface area contributed by atoms with Crippen LogP contribution >= 0.6 is 11.6 Å². The summed E-state index contributed by atoms with van der Waals surface area (Å²) in [5.41, 5.74) is 4.80. The molecule has 1 aromatic rings. The Hall–Kier alpha value is -2.61. The lowest BCUT2D eigenvalue weighted by Gasteiger charge is -2.01. The fraction of sp³-hybridized carbons (Fsp3) is 0. The Labute approximate surface area is 126 Å². The van der Waals surface area contributed by atoms with Crippen molar-refractivity contribution in [2.24, 2.45) is 0 Å². The fourth-order valence-electron chi connectivity index (χ4n) is 2.17. The maximum absolute atomic E-state index is 12.3. The monoisotopic (exact) mass is 295 g/mol. The van der Waals surface area contributed by atoms with Gasteiger partial charge in [-0.3, -0.25) is 9.59 Å². The number of anilines is 1. The molecule has 0 bridgehead atoms. The zero-order valence-corrected chi connectivity index (χ0v) is 11.6. The molecule has 0 atom stereocenters. The van der Waals surface area contributed by atoms with Crippen molar-refractivity contribution in [1.82, 2.24) is 0 Å². The Morgan fingerprint density at radius 2 is 2.14 bits per heavy atom. The van der Waals surface area contributed by atoms with Crippen LogP contribution in [0.25, 0.3) is 5.57 Å². The topological polar surface area (TPSA) is 46.2 Å². The van der Waals surface area contributed by atoms with Crippen molar-refractivity contribution >= 4 is 34.6 Å². The first-order valence-electron chi connectivity index (χ1n) is 6.32. The summed E-state index contributed by atoms with van der Waals surface area (Å²) in [6, 6.07) is 5.19. The first kappa shape index (κ1) is 13.4.